The summed E-state index contributed by atoms with van der Waals surface area (Å²) in [5.74, 6) is 0.172. The zero-order chi connectivity index (χ0) is 13.2. The van der Waals surface area contributed by atoms with Crippen LogP contribution in [-0.2, 0) is 39.1 Å². The maximum atomic E-state index is 11.3. The molecule has 3 aromatic rings. The maximum Gasteiger partial charge on any atom is 0.248 e. The Hall–Kier alpha value is -1.59. The molecule has 0 aliphatic rings. The third-order valence-electron chi connectivity index (χ3n) is 2.97. The van der Waals surface area contributed by atoms with Gasteiger partial charge in [-0.05, 0) is 22.8 Å². The summed E-state index contributed by atoms with van der Waals surface area (Å²) in [5, 5.41) is 9.62. The molecule has 0 aliphatic heterocycles. The van der Waals surface area contributed by atoms with Crippen LogP contribution < -0.4 is 5.56 Å². The van der Waals surface area contributed by atoms with Gasteiger partial charge in [-0.15, -0.1) is 0 Å². The molecule has 0 unspecified atom stereocenters. The van der Waals surface area contributed by atoms with E-state index in [1.807, 2.05) is 30.3 Å². The molecule has 1 aromatic carbocycles. The van der Waals surface area contributed by atoms with E-state index in [2.05, 4.69) is 15.2 Å². The van der Waals surface area contributed by atoms with E-state index < -0.39 is 0 Å². The van der Waals surface area contributed by atoms with Gasteiger partial charge >= 0.3 is 0 Å². The third-order valence-corrected chi connectivity index (χ3v) is 2.97. The number of nitrogens with zero attached hydrogens (tertiary/aromatic N) is 2. The van der Waals surface area contributed by atoms with Crippen molar-refractivity contribution in [3.63, 3.8) is 0 Å². The fourth-order valence-electron chi connectivity index (χ4n) is 2.08. The minimum Gasteiger partial charge on any atom is -0.480 e. The first-order chi connectivity index (χ1) is 9.24. The van der Waals surface area contributed by atoms with Crippen LogP contribution in [0.3, 0.4) is 0 Å². The SMILES string of the molecule is [NH-]c1nnc(Cc2cc[nH]c(=O)c2)c2ccccc12.[Y]. The third kappa shape index (κ3) is 2.94. The normalized spacial score (nSPS) is 10.2. The second-order valence-corrected chi connectivity index (χ2v) is 4.28. The van der Waals surface area contributed by atoms with Gasteiger partial charge in [0.25, 0.3) is 0 Å². The predicted molar refractivity (Wildman–Crippen MR) is 73.4 cm³/mol. The molecule has 3 rings (SSSR count). The van der Waals surface area contributed by atoms with Crippen LogP contribution in [-0.4, -0.2) is 15.2 Å². The summed E-state index contributed by atoms with van der Waals surface area (Å²) < 4.78 is 0. The van der Waals surface area contributed by atoms with Crippen LogP contribution in [0.5, 0.6) is 0 Å². The fraction of sp³-hybridized carbons (Fsp3) is 0.0714. The molecular weight excluding hydrogens is 329 g/mol. The fourth-order valence-corrected chi connectivity index (χ4v) is 2.08. The number of aromatic amines is 1. The quantitative estimate of drug-likeness (QED) is 0.778. The second kappa shape index (κ2) is 6.24. The molecule has 97 valence electrons. The average molecular weight is 340 g/mol. The van der Waals surface area contributed by atoms with Gasteiger partial charge in [-0.2, -0.15) is 0 Å². The van der Waals surface area contributed by atoms with Gasteiger partial charge in [-0.3, -0.25) is 9.89 Å². The van der Waals surface area contributed by atoms with Crippen molar-refractivity contribution in [3.05, 3.63) is 69.9 Å². The first kappa shape index (κ1) is 14.8. The van der Waals surface area contributed by atoms with Gasteiger partial charge in [0.2, 0.25) is 5.56 Å². The molecule has 20 heavy (non-hydrogen) atoms. The van der Waals surface area contributed by atoms with Crippen molar-refractivity contribution in [1.82, 2.24) is 15.2 Å². The molecule has 2 N–H and O–H groups in total. The molecule has 2 aromatic heterocycles. The minimum atomic E-state index is -0.133. The number of fused-ring (bicyclic) bond motifs is 1. The number of rotatable bonds is 2. The van der Waals surface area contributed by atoms with Crippen molar-refractivity contribution in [2.24, 2.45) is 0 Å². The van der Waals surface area contributed by atoms with Crippen molar-refractivity contribution in [1.29, 1.82) is 0 Å². The van der Waals surface area contributed by atoms with Crippen LogP contribution in [0.25, 0.3) is 16.5 Å². The summed E-state index contributed by atoms with van der Waals surface area (Å²) in [6.07, 6.45) is 2.14. The number of hydrogen-bond acceptors (Lipinski definition) is 3. The number of hydrogen-bond donors (Lipinski definition) is 1. The molecule has 0 spiro atoms. The van der Waals surface area contributed by atoms with Gasteiger partial charge in [0.15, 0.2) is 0 Å². The first-order valence-electron chi connectivity index (χ1n) is 5.87. The molecule has 1 radical (unpaired) electrons. The van der Waals surface area contributed by atoms with E-state index in [4.69, 9.17) is 5.73 Å². The molecule has 0 amide bonds. The van der Waals surface area contributed by atoms with E-state index in [1.54, 1.807) is 12.3 Å². The Morgan fingerprint density at radius 1 is 1.10 bits per heavy atom. The van der Waals surface area contributed by atoms with Gasteiger partial charge in [0, 0.05) is 56.8 Å². The topological polar surface area (TPSA) is 82.4 Å². The molecule has 0 fully saturated rings. The smallest absolute Gasteiger partial charge is 0.248 e. The van der Waals surface area contributed by atoms with Crippen molar-refractivity contribution < 1.29 is 32.7 Å². The zero-order valence-electron chi connectivity index (χ0n) is 10.6. The molecule has 6 heteroatoms. The minimum absolute atomic E-state index is 0. The van der Waals surface area contributed by atoms with Crippen LogP contribution in [0.4, 0.5) is 5.82 Å². The average Bonchev–Trinajstić information content (AvgIpc) is 2.42. The van der Waals surface area contributed by atoms with Crippen LogP contribution in [0, 0.1) is 0 Å². The summed E-state index contributed by atoms with van der Waals surface area (Å²) in [5.41, 5.74) is 9.26. The summed E-state index contributed by atoms with van der Waals surface area (Å²) in [7, 11) is 0. The standard InChI is InChI=1S/C14H12N4O.Y/c15-14-11-4-2-1-3-10(11)12(17-18-14)7-9-5-6-16-13(19)8-9;/h1-6,8H,7H2,(H3,15,16,18,19);/p-1. The molecule has 0 atom stereocenters. The van der Waals surface area contributed by atoms with Crippen molar-refractivity contribution >= 4 is 16.6 Å². The van der Waals surface area contributed by atoms with Gasteiger partial charge in [0.05, 0.1) is 5.69 Å². The Kier molecular flexibility index (Phi) is 4.62. The summed E-state index contributed by atoms with van der Waals surface area (Å²) in [6, 6.07) is 10.9. The maximum absolute atomic E-state index is 11.3. The van der Waals surface area contributed by atoms with E-state index in [-0.39, 0.29) is 44.1 Å². The van der Waals surface area contributed by atoms with Crippen LogP contribution in [0.1, 0.15) is 11.3 Å². The molecule has 0 aliphatic carbocycles. The monoisotopic (exact) mass is 340 g/mol. The van der Waals surface area contributed by atoms with E-state index in [9.17, 15) is 4.79 Å². The summed E-state index contributed by atoms with van der Waals surface area (Å²) in [4.78, 5) is 13.9. The Bertz CT molecular complexity index is 800. The molecule has 2 heterocycles. The summed E-state index contributed by atoms with van der Waals surface area (Å²) in [6.45, 7) is 0. The van der Waals surface area contributed by atoms with Gasteiger partial charge < -0.3 is 15.8 Å². The summed E-state index contributed by atoms with van der Waals surface area (Å²) >= 11 is 0. The van der Waals surface area contributed by atoms with E-state index in [0.717, 1.165) is 22.0 Å². The van der Waals surface area contributed by atoms with Crippen molar-refractivity contribution in [2.75, 3.05) is 0 Å². The molecule has 0 saturated heterocycles. The van der Waals surface area contributed by atoms with Crippen molar-refractivity contribution in [2.45, 2.75) is 6.42 Å². The van der Waals surface area contributed by atoms with E-state index in [1.165, 1.54) is 0 Å². The van der Waals surface area contributed by atoms with Crippen LogP contribution in [0.2, 0.25) is 0 Å². The predicted octanol–water partition coefficient (Wildman–Crippen LogP) is 2.59. The van der Waals surface area contributed by atoms with Gasteiger partial charge in [-0.1, -0.05) is 24.3 Å². The van der Waals surface area contributed by atoms with E-state index in [0.29, 0.717) is 6.42 Å². The number of H-pyrrole nitrogens is 1. The molecule has 0 saturated carbocycles. The number of aromatic nitrogens is 3. The number of pyridine rings is 1. The number of benzene rings is 1. The van der Waals surface area contributed by atoms with Gasteiger partial charge in [-0.25, -0.2) is 0 Å². The van der Waals surface area contributed by atoms with Crippen LogP contribution >= 0.6 is 0 Å². The Morgan fingerprint density at radius 2 is 1.85 bits per heavy atom. The first-order valence-corrected chi connectivity index (χ1v) is 5.87. The Labute approximate surface area is 140 Å². The Morgan fingerprint density at radius 3 is 2.60 bits per heavy atom. The van der Waals surface area contributed by atoms with Gasteiger partial charge in [0.1, 0.15) is 0 Å². The molecule has 0 bridgehead atoms. The Balaban J connectivity index is 0.00000147. The zero-order valence-corrected chi connectivity index (χ0v) is 13.5. The second-order valence-electron chi connectivity index (χ2n) is 4.28. The number of nitrogens with one attached hydrogen (secondary N) is 2. The molecule has 5 nitrogen and oxygen atoms in total. The van der Waals surface area contributed by atoms with Crippen molar-refractivity contribution in [3.8, 4) is 0 Å². The molecular formula is C14H11N4OY-. The largest absolute Gasteiger partial charge is 0.480 e. The van der Waals surface area contributed by atoms with Crippen LogP contribution in [0.15, 0.2) is 47.4 Å². The van der Waals surface area contributed by atoms with E-state index >= 15 is 0 Å².